The number of nitrogens with one attached hydrogen (secondary N) is 2. The normalized spacial score (nSPS) is 10.9. The van der Waals surface area contributed by atoms with Gasteiger partial charge in [-0.2, -0.15) is 4.98 Å². The van der Waals surface area contributed by atoms with E-state index < -0.39 is 6.03 Å². The van der Waals surface area contributed by atoms with E-state index in [0.717, 1.165) is 16.7 Å². The largest absolute Gasteiger partial charge is 0.332 e. The fraction of sp³-hybridized carbons (Fsp3) is 0.111. The second-order valence-electron chi connectivity index (χ2n) is 8.41. The highest BCUT2D eigenvalue weighted by Crippen LogP contribution is 2.24. The first-order chi connectivity index (χ1) is 17.4. The Labute approximate surface area is 206 Å². The maximum atomic E-state index is 13.7. The van der Waals surface area contributed by atoms with Gasteiger partial charge in [-0.05, 0) is 54.8 Å². The van der Waals surface area contributed by atoms with Crippen LogP contribution in [0.4, 0.5) is 20.6 Å². The summed E-state index contributed by atoms with van der Waals surface area (Å²) in [6.07, 6.45) is 3.54. The Bertz CT molecular complexity index is 1520. The van der Waals surface area contributed by atoms with Gasteiger partial charge in [0.2, 0.25) is 5.82 Å². The van der Waals surface area contributed by atoms with Crippen molar-refractivity contribution in [3.8, 4) is 23.0 Å². The van der Waals surface area contributed by atoms with Crippen LogP contribution < -0.4 is 10.6 Å². The number of halogens is 1. The minimum absolute atomic E-state index is 0.353. The van der Waals surface area contributed by atoms with Gasteiger partial charge < -0.3 is 19.7 Å². The molecule has 8 nitrogen and oxygen atoms in total. The van der Waals surface area contributed by atoms with E-state index in [2.05, 4.69) is 25.8 Å². The molecule has 0 aliphatic carbocycles. The number of aromatic nitrogens is 4. The van der Waals surface area contributed by atoms with Crippen molar-refractivity contribution in [3.05, 3.63) is 102 Å². The van der Waals surface area contributed by atoms with E-state index in [0.29, 0.717) is 40.9 Å². The van der Waals surface area contributed by atoms with E-state index in [-0.39, 0.29) is 5.82 Å². The second kappa shape index (κ2) is 9.83. The molecule has 2 N–H and O–H groups in total. The topological polar surface area (TPSA) is 97.9 Å². The number of imidazole rings is 1. The van der Waals surface area contributed by atoms with Gasteiger partial charge >= 0.3 is 6.03 Å². The lowest BCUT2D eigenvalue weighted by molar-refractivity contribution is 0.262. The van der Waals surface area contributed by atoms with Crippen LogP contribution >= 0.6 is 0 Å². The number of carbonyl (C=O) groups excluding carboxylic acids is 1. The number of amides is 2. The summed E-state index contributed by atoms with van der Waals surface area (Å²) in [4.78, 5) is 21.1. The van der Waals surface area contributed by atoms with Crippen LogP contribution in [0.15, 0.2) is 83.8 Å². The fourth-order valence-electron chi connectivity index (χ4n) is 3.69. The molecular weight excluding hydrogens is 459 g/mol. The van der Waals surface area contributed by atoms with Crippen LogP contribution in [0.3, 0.4) is 0 Å². The molecule has 0 saturated heterocycles. The summed E-state index contributed by atoms with van der Waals surface area (Å²) in [6.45, 7) is 4.23. The van der Waals surface area contributed by atoms with Crippen molar-refractivity contribution in [2.75, 3.05) is 10.6 Å². The second-order valence-corrected chi connectivity index (χ2v) is 8.41. The lowest BCUT2D eigenvalue weighted by Gasteiger charge is -2.09. The van der Waals surface area contributed by atoms with E-state index in [9.17, 15) is 9.18 Å². The highest BCUT2D eigenvalue weighted by atomic mass is 19.1. The maximum Gasteiger partial charge on any atom is 0.323 e. The monoisotopic (exact) mass is 482 g/mol. The Kier molecular flexibility index (Phi) is 6.27. The van der Waals surface area contributed by atoms with Gasteiger partial charge in [-0.25, -0.2) is 14.2 Å². The third-order valence-electron chi connectivity index (χ3n) is 5.67. The Hall–Kier alpha value is -4.79. The summed E-state index contributed by atoms with van der Waals surface area (Å²) in [5.41, 5.74) is 5.10. The van der Waals surface area contributed by atoms with Gasteiger partial charge in [0.25, 0.3) is 5.89 Å². The summed E-state index contributed by atoms with van der Waals surface area (Å²) in [5.74, 6) is 0.508. The molecule has 2 heterocycles. The van der Waals surface area contributed by atoms with Crippen LogP contribution in [0.1, 0.15) is 16.7 Å². The maximum absolute atomic E-state index is 13.7. The van der Waals surface area contributed by atoms with Crippen LogP contribution in [0.25, 0.3) is 23.0 Å². The smallest absolute Gasteiger partial charge is 0.323 e. The van der Waals surface area contributed by atoms with E-state index in [1.807, 2.05) is 54.1 Å². The number of hydrogen-bond acceptors (Lipinski definition) is 5. The molecule has 0 radical (unpaired) electrons. The number of hydrogen-bond donors (Lipinski definition) is 2. The zero-order valence-electron chi connectivity index (χ0n) is 19.7. The third kappa shape index (κ3) is 5.15. The molecule has 0 unspecified atom stereocenters. The number of aryl methyl sites for hydroxylation is 2. The van der Waals surface area contributed by atoms with Gasteiger partial charge in [0, 0.05) is 29.7 Å². The Morgan fingerprint density at radius 2 is 1.72 bits per heavy atom. The predicted molar refractivity (Wildman–Crippen MR) is 135 cm³/mol. The molecule has 3 aromatic carbocycles. The lowest BCUT2D eigenvalue weighted by atomic mass is 10.1. The molecule has 2 aromatic heterocycles. The molecule has 180 valence electrons. The molecule has 5 aromatic rings. The molecule has 5 rings (SSSR count). The van der Waals surface area contributed by atoms with Gasteiger partial charge in [-0.15, -0.1) is 0 Å². The first-order valence-electron chi connectivity index (χ1n) is 11.3. The first-order valence-corrected chi connectivity index (χ1v) is 11.3. The molecule has 0 saturated carbocycles. The van der Waals surface area contributed by atoms with Crippen LogP contribution in [0, 0.1) is 19.7 Å². The van der Waals surface area contributed by atoms with Crippen molar-refractivity contribution in [1.29, 1.82) is 0 Å². The van der Waals surface area contributed by atoms with Crippen molar-refractivity contribution in [3.63, 3.8) is 0 Å². The number of benzene rings is 3. The zero-order valence-corrected chi connectivity index (χ0v) is 19.7. The van der Waals surface area contributed by atoms with E-state index in [1.165, 1.54) is 6.07 Å². The summed E-state index contributed by atoms with van der Waals surface area (Å²) >= 11 is 0. The molecule has 0 aliphatic rings. The molecule has 2 amide bonds. The molecular formula is C27H23FN6O2. The summed E-state index contributed by atoms with van der Waals surface area (Å²) in [7, 11) is 0. The minimum Gasteiger partial charge on any atom is -0.332 e. The molecule has 36 heavy (non-hydrogen) atoms. The number of nitrogens with zero attached hydrogens (tertiary/aromatic N) is 4. The fourth-order valence-corrected chi connectivity index (χ4v) is 3.69. The first kappa shape index (κ1) is 23.0. The molecule has 0 spiro atoms. The van der Waals surface area contributed by atoms with E-state index >= 15 is 0 Å². The highest BCUT2D eigenvalue weighted by Gasteiger charge is 2.14. The molecule has 0 atom stereocenters. The van der Waals surface area contributed by atoms with Crippen molar-refractivity contribution >= 4 is 17.4 Å². The van der Waals surface area contributed by atoms with Crippen molar-refractivity contribution in [2.45, 2.75) is 20.4 Å². The molecule has 0 aliphatic heterocycles. The zero-order chi connectivity index (χ0) is 25.1. The molecule has 9 heteroatoms. The average Bonchev–Trinajstić information content (AvgIpc) is 3.53. The Morgan fingerprint density at radius 3 is 2.50 bits per heavy atom. The number of anilines is 2. The minimum atomic E-state index is -0.449. The van der Waals surface area contributed by atoms with Crippen LogP contribution in [0.2, 0.25) is 0 Å². The Balaban J connectivity index is 1.20. The van der Waals surface area contributed by atoms with Crippen LogP contribution in [-0.4, -0.2) is 25.7 Å². The SMILES string of the molecule is Cc1ccc(NC(=O)Nc2ccc(Cn3cnc(-c4nc(-c5ccccc5C)no4)c3)cc2)cc1F. The van der Waals surface area contributed by atoms with Crippen LogP contribution in [0.5, 0.6) is 0 Å². The third-order valence-corrected chi connectivity index (χ3v) is 5.67. The van der Waals surface area contributed by atoms with Crippen molar-refractivity contribution in [1.82, 2.24) is 19.7 Å². The number of rotatable bonds is 6. The van der Waals surface area contributed by atoms with Gasteiger partial charge in [0.15, 0.2) is 0 Å². The molecule has 0 bridgehead atoms. The summed E-state index contributed by atoms with van der Waals surface area (Å²) in [5, 5.41) is 9.46. The van der Waals surface area contributed by atoms with E-state index in [4.69, 9.17) is 4.52 Å². The van der Waals surface area contributed by atoms with Gasteiger partial charge in [0.1, 0.15) is 11.5 Å². The summed E-state index contributed by atoms with van der Waals surface area (Å²) in [6, 6.07) is 19.4. The van der Waals surface area contributed by atoms with Crippen LogP contribution in [-0.2, 0) is 6.54 Å². The lowest BCUT2D eigenvalue weighted by Crippen LogP contribution is -2.19. The van der Waals surface area contributed by atoms with Crippen molar-refractivity contribution in [2.24, 2.45) is 0 Å². The quantitative estimate of drug-likeness (QED) is 0.307. The standard InChI is InChI=1S/C27H23FN6O2/c1-17-5-3-4-6-22(17)25-32-26(36-33-25)24-15-34(16-29-24)14-19-8-11-20(12-9-19)30-27(35)31-21-10-7-18(2)23(28)13-21/h3-13,15-16H,14H2,1-2H3,(H2,30,31,35). The number of urea groups is 1. The predicted octanol–water partition coefficient (Wildman–Crippen LogP) is 6.05. The average molecular weight is 483 g/mol. The van der Waals surface area contributed by atoms with Gasteiger partial charge in [-0.3, -0.25) is 0 Å². The highest BCUT2D eigenvalue weighted by molar-refractivity contribution is 5.99. The Morgan fingerprint density at radius 1 is 0.972 bits per heavy atom. The van der Waals surface area contributed by atoms with E-state index in [1.54, 1.807) is 37.5 Å². The van der Waals surface area contributed by atoms with Crippen molar-refractivity contribution < 1.29 is 13.7 Å². The van der Waals surface area contributed by atoms with Gasteiger partial charge in [0.05, 0.1) is 6.33 Å². The number of carbonyl (C=O) groups is 1. The summed E-state index contributed by atoms with van der Waals surface area (Å²) < 4.78 is 21.0. The van der Waals surface area contributed by atoms with Gasteiger partial charge in [-0.1, -0.05) is 47.6 Å². The molecule has 0 fully saturated rings.